The van der Waals surface area contributed by atoms with Crippen molar-refractivity contribution in [1.82, 2.24) is 0 Å². The zero-order valence-corrected chi connectivity index (χ0v) is 16.9. The minimum atomic E-state index is -0.223. The van der Waals surface area contributed by atoms with Crippen LogP contribution in [0.5, 0.6) is 0 Å². The topological polar surface area (TPSA) is 60.4 Å². The Morgan fingerprint density at radius 2 is 1.54 bits per heavy atom. The van der Waals surface area contributed by atoms with E-state index in [1.807, 2.05) is 31.2 Å². The molecular weight excluding hydrogens is 352 g/mol. The fourth-order valence-electron chi connectivity index (χ4n) is 3.76. The van der Waals surface area contributed by atoms with Gasteiger partial charge in [0.1, 0.15) is 0 Å². The van der Waals surface area contributed by atoms with E-state index in [0.717, 1.165) is 24.0 Å². The lowest BCUT2D eigenvalue weighted by Gasteiger charge is -2.27. The van der Waals surface area contributed by atoms with Gasteiger partial charge in [0.25, 0.3) is 0 Å². The SMILES string of the molecule is CCc1ccc2c(c1)C(=O)c1ccc(C(C)(C)CCCC(=O)OC)cc1C2=O. The van der Waals surface area contributed by atoms with Crippen molar-refractivity contribution in [2.75, 3.05) is 7.11 Å². The molecule has 2 aromatic carbocycles. The second kappa shape index (κ2) is 7.70. The van der Waals surface area contributed by atoms with Crippen LogP contribution >= 0.6 is 0 Å². The number of esters is 1. The van der Waals surface area contributed by atoms with E-state index in [-0.39, 0.29) is 23.0 Å². The molecule has 4 heteroatoms. The minimum absolute atomic E-state index is 0.0880. The van der Waals surface area contributed by atoms with E-state index in [4.69, 9.17) is 4.74 Å². The predicted octanol–water partition coefficient (Wildman–Crippen LogP) is 4.65. The van der Waals surface area contributed by atoms with Crippen LogP contribution in [0, 0.1) is 0 Å². The zero-order chi connectivity index (χ0) is 20.5. The molecule has 0 fully saturated rings. The fraction of sp³-hybridized carbons (Fsp3) is 0.375. The van der Waals surface area contributed by atoms with E-state index < -0.39 is 0 Å². The summed E-state index contributed by atoms with van der Waals surface area (Å²) >= 11 is 0. The monoisotopic (exact) mass is 378 g/mol. The average molecular weight is 378 g/mol. The molecule has 0 unspecified atom stereocenters. The summed E-state index contributed by atoms with van der Waals surface area (Å²) in [5, 5.41) is 0. The smallest absolute Gasteiger partial charge is 0.305 e. The van der Waals surface area contributed by atoms with Crippen molar-refractivity contribution in [3.8, 4) is 0 Å². The summed E-state index contributed by atoms with van der Waals surface area (Å²) in [5.41, 5.74) is 3.74. The molecule has 0 bridgehead atoms. The van der Waals surface area contributed by atoms with Gasteiger partial charge in [-0.3, -0.25) is 14.4 Å². The Kier molecular flexibility index (Phi) is 5.50. The number of carbonyl (C=O) groups is 3. The third-order valence-electron chi connectivity index (χ3n) is 5.68. The molecule has 0 saturated heterocycles. The molecule has 0 spiro atoms. The second-order valence-corrected chi connectivity index (χ2v) is 7.97. The van der Waals surface area contributed by atoms with Crippen LogP contribution in [-0.2, 0) is 21.4 Å². The summed E-state index contributed by atoms with van der Waals surface area (Å²) in [4.78, 5) is 37.4. The third kappa shape index (κ3) is 3.64. The first-order chi connectivity index (χ1) is 13.3. The summed E-state index contributed by atoms with van der Waals surface area (Å²) in [7, 11) is 1.39. The highest BCUT2D eigenvalue weighted by atomic mass is 16.5. The summed E-state index contributed by atoms with van der Waals surface area (Å²) in [6.07, 6.45) is 2.67. The van der Waals surface area contributed by atoms with Gasteiger partial charge in [-0.1, -0.05) is 39.0 Å². The number of fused-ring (bicyclic) bond motifs is 2. The van der Waals surface area contributed by atoms with Gasteiger partial charge in [-0.25, -0.2) is 0 Å². The number of benzene rings is 2. The highest BCUT2D eigenvalue weighted by Crippen LogP contribution is 2.34. The Morgan fingerprint density at radius 1 is 0.929 bits per heavy atom. The van der Waals surface area contributed by atoms with Gasteiger partial charge in [0.05, 0.1) is 7.11 Å². The van der Waals surface area contributed by atoms with Gasteiger partial charge in [0, 0.05) is 28.7 Å². The number of aryl methyl sites for hydroxylation is 1. The lowest BCUT2D eigenvalue weighted by molar-refractivity contribution is -0.140. The van der Waals surface area contributed by atoms with Crippen molar-refractivity contribution >= 4 is 17.5 Å². The van der Waals surface area contributed by atoms with Gasteiger partial charge in [-0.05, 0) is 54.0 Å². The summed E-state index contributed by atoms with van der Waals surface area (Å²) in [5.74, 6) is -0.403. The third-order valence-corrected chi connectivity index (χ3v) is 5.68. The number of methoxy groups -OCH3 is 1. The van der Waals surface area contributed by atoms with Crippen LogP contribution in [0.4, 0.5) is 0 Å². The maximum Gasteiger partial charge on any atom is 0.305 e. The van der Waals surface area contributed by atoms with Gasteiger partial charge in [0.15, 0.2) is 11.6 Å². The highest BCUT2D eigenvalue weighted by molar-refractivity contribution is 6.28. The molecule has 146 valence electrons. The Labute approximate surface area is 165 Å². The predicted molar refractivity (Wildman–Crippen MR) is 108 cm³/mol. The van der Waals surface area contributed by atoms with Crippen molar-refractivity contribution in [3.05, 3.63) is 69.8 Å². The molecule has 0 radical (unpaired) electrons. The van der Waals surface area contributed by atoms with Crippen LogP contribution in [0.1, 0.15) is 83.0 Å². The second-order valence-electron chi connectivity index (χ2n) is 7.97. The Morgan fingerprint density at radius 3 is 2.14 bits per heavy atom. The Hall–Kier alpha value is -2.75. The fourth-order valence-corrected chi connectivity index (χ4v) is 3.76. The molecule has 3 rings (SSSR count). The summed E-state index contributed by atoms with van der Waals surface area (Å²) in [6, 6.07) is 11.1. The lowest BCUT2D eigenvalue weighted by atomic mass is 9.76. The van der Waals surface area contributed by atoms with Crippen molar-refractivity contribution in [3.63, 3.8) is 0 Å². The summed E-state index contributed by atoms with van der Waals surface area (Å²) < 4.78 is 4.70. The van der Waals surface area contributed by atoms with Crippen LogP contribution in [0.15, 0.2) is 36.4 Å². The number of ketones is 2. The molecule has 28 heavy (non-hydrogen) atoms. The number of rotatable bonds is 6. The van der Waals surface area contributed by atoms with Gasteiger partial charge >= 0.3 is 5.97 Å². The highest BCUT2D eigenvalue weighted by Gasteiger charge is 2.31. The van der Waals surface area contributed by atoms with E-state index in [9.17, 15) is 14.4 Å². The number of ether oxygens (including phenoxy) is 1. The molecule has 1 aliphatic carbocycles. The largest absolute Gasteiger partial charge is 0.469 e. The molecule has 0 N–H and O–H groups in total. The molecular formula is C24H26O4. The molecule has 4 nitrogen and oxygen atoms in total. The minimum Gasteiger partial charge on any atom is -0.469 e. The van der Waals surface area contributed by atoms with Gasteiger partial charge < -0.3 is 4.74 Å². The molecule has 0 aliphatic heterocycles. The van der Waals surface area contributed by atoms with Crippen LogP contribution in [0.2, 0.25) is 0 Å². The van der Waals surface area contributed by atoms with Crippen molar-refractivity contribution in [2.45, 2.75) is 51.9 Å². The van der Waals surface area contributed by atoms with E-state index in [0.29, 0.717) is 35.1 Å². The van der Waals surface area contributed by atoms with Crippen LogP contribution in [0.3, 0.4) is 0 Å². The maximum atomic E-state index is 13.1. The summed E-state index contributed by atoms with van der Waals surface area (Å²) in [6.45, 7) is 6.20. The Bertz CT molecular complexity index is 953. The Balaban J connectivity index is 1.91. The van der Waals surface area contributed by atoms with Crippen molar-refractivity contribution < 1.29 is 19.1 Å². The molecule has 2 aromatic rings. The number of hydrogen-bond acceptors (Lipinski definition) is 4. The molecule has 0 heterocycles. The van der Waals surface area contributed by atoms with Gasteiger partial charge in [-0.15, -0.1) is 0 Å². The van der Waals surface area contributed by atoms with Crippen LogP contribution in [-0.4, -0.2) is 24.6 Å². The van der Waals surface area contributed by atoms with E-state index in [2.05, 4.69) is 13.8 Å². The molecule has 0 saturated carbocycles. The first-order valence-corrected chi connectivity index (χ1v) is 9.72. The van der Waals surface area contributed by atoms with Gasteiger partial charge in [-0.2, -0.15) is 0 Å². The van der Waals surface area contributed by atoms with Crippen molar-refractivity contribution in [2.24, 2.45) is 0 Å². The average Bonchev–Trinajstić information content (AvgIpc) is 2.70. The number of carbonyl (C=O) groups excluding carboxylic acids is 3. The lowest BCUT2D eigenvalue weighted by Crippen LogP contribution is -2.24. The maximum absolute atomic E-state index is 13.1. The normalized spacial score (nSPS) is 13.1. The van der Waals surface area contributed by atoms with Crippen molar-refractivity contribution in [1.29, 1.82) is 0 Å². The molecule has 1 aliphatic rings. The zero-order valence-electron chi connectivity index (χ0n) is 16.9. The first-order valence-electron chi connectivity index (χ1n) is 9.72. The number of hydrogen-bond donors (Lipinski definition) is 0. The van der Waals surface area contributed by atoms with E-state index in [1.165, 1.54) is 7.11 Å². The quantitative estimate of drug-likeness (QED) is 0.586. The standard InChI is InChI=1S/C24H26O4/c1-5-15-8-10-17-19(13-15)22(26)18-11-9-16(14-20(18)23(17)27)24(2,3)12-6-7-21(25)28-4/h8-11,13-14H,5-7,12H2,1-4H3. The molecule has 0 atom stereocenters. The molecule has 0 amide bonds. The van der Waals surface area contributed by atoms with Crippen LogP contribution < -0.4 is 0 Å². The van der Waals surface area contributed by atoms with Crippen LogP contribution in [0.25, 0.3) is 0 Å². The van der Waals surface area contributed by atoms with E-state index in [1.54, 1.807) is 12.1 Å². The van der Waals surface area contributed by atoms with Gasteiger partial charge in [0.2, 0.25) is 0 Å². The first kappa shape index (κ1) is 20.0. The van der Waals surface area contributed by atoms with E-state index >= 15 is 0 Å². The molecule has 0 aromatic heterocycles.